The van der Waals surface area contributed by atoms with Crippen molar-refractivity contribution < 1.29 is 9.53 Å². The number of carbonyl (C=O) groups excluding carboxylic acids is 1. The first-order chi connectivity index (χ1) is 9.83. The molecule has 20 heavy (non-hydrogen) atoms. The summed E-state index contributed by atoms with van der Waals surface area (Å²) in [7, 11) is 0. The Morgan fingerprint density at radius 1 is 1.15 bits per heavy atom. The number of hydrogen-bond donors (Lipinski definition) is 1. The first-order valence-electron chi connectivity index (χ1n) is 8.15. The van der Waals surface area contributed by atoms with Gasteiger partial charge in [-0.2, -0.15) is 0 Å². The smallest absolute Gasteiger partial charge is 0.239 e. The molecule has 1 N–H and O–H groups in total. The topological polar surface area (TPSA) is 44.8 Å². The number of morpholine rings is 1. The van der Waals surface area contributed by atoms with E-state index < -0.39 is 0 Å². The third kappa shape index (κ3) is 3.51. The van der Waals surface area contributed by atoms with Gasteiger partial charge in [0.1, 0.15) is 0 Å². The van der Waals surface area contributed by atoms with Gasteiger partial charge in [0.25, 0.3) is 0 Å². The zero-order chi connectivity index (χ0) is 13.8. The molecule has 3 saturated heterocycles. The van der Waals surface area contributed by atoms with Crippen molar-refractivity contribution in [2.75, 3.05) is 52.5 Å². The molecule has 0 spiro atoms. The summed E-state index contributed by atoms with van der Waals surface area (Å²) in [4.78, 5) is 17.1. The van der Waals surface area contributed by atoms with E-state index in [1.807, 2.05) is 0 Å². The van der Waals surface area contributed by atoms with Crippen LogP contribution in [0.5, 0.6) is 0 Å². The van der Waals surface area contributed by atoms with E-state index in [0.29, 0.717) is 11.8 Å². The average Bonchev–Trinajstić information content (AvgIpc) is 3.02. The van der Waals surface area contributed by atoms with Gasteiger partial charge in [0.2, 0.25) is 5.91 Å². The minimum absolute atomic E-state index is 0.0946. The summed E-state index contributed by atoms with van der Waals surface area (Å²) in [5.41, 5.74) is 0. The molecule has 3 fully saturated rings. The Bertz CT molecular complexity index is 325. The van der Waals surface area contributed by atoms with Crippen molar-refractivity contribution >= 4 is 5.91 Å². The highest BCUT2D eigenvalue weighted by atomic mass is 16.5. The Balaban J connectivity index is 1.49. The molecular weight excluding hydrogens is 254 g/mol. The minimum Gasteiger partial charge on any atom is -0.379 e. The number of carbonyl (C=O) groups is 1. The normalized spacial score (nSPS) is 32.5. The van der Waals surface area contributed by atoms with Crippen molar-refractivity contribution in [2.24, 2.45) is 5.92 Å². The molecule has 3 aliphatic heterocycles. The highest BCUT2D eigenvalue weighted by Gasteiger charge is 2.31. The van der Waals surface area contributed by atoms with Gasteiger partial charge in [-0.3, -0.25) is 9.69 Å². The summed E-state index contributed by atoms with van der Waals surface area (Å²) >= 11 is 0. The third-order valence-corrected chi connectivity index (χ3v) is 4.81. The molecule has 3 aliphatic rings. The van der Waals surface area contributed by atoms with Crippen LogP contribution in [0.1, 0.15) is 25.7 Å². The largest absolute Gasteiger partial charge is 0.379 e. The molecule has 0 radical (unpaired) electrons. The number of likely N-dealkylation sites (tertiary alicyclic amines) is 1. The van der Waals surface area contributed by atoms with E-state index in [9.17, 15) is 4.79 Å². The van der Waals surface area contributed by atoms with E-state index in [4.69, 9.17) is 4.74 Å². The molecule has 0 aliphatic carbocycles. The minimum atomic E-state index is 0.0946. The van der Waals surface area contributed by atoms with Crippen molar-refractivity contribution in [3.8, 4) is 0 Å². The fourth-order valence-electron chi connectivity index (χ4n) is 3.68. The quantitative estimate of drug-likeness (QED) is 0.809. The van der Waals surface area contributed by atoms with Crippen LogP contribution in [0.2, 0.25) is 0 Å². The molecule has 1 unspecified atom stereocenters. The highest BCUT2D eigenvalue weighted by Crippen LogP contribution is 2.20. The zero-order valence-corrected chi connectivity index (χ0v) is 12.4. The van der Waals surface area contributed by atoms with Gasteiger partial charge in [-0.05, 0) is 38.1 Å². The molecule has 0 bridgehead atoms. The van der Waals surface area contributed by atoms with E-state index in [0.717, 1.165) is 71.7 Å². The van der Waals surface area contributed by atoms with Crippen LogP contribution in [-0.2, 0) is 9.53 Å². The first kappa shape index (κ1) is 14.3. The Morgan fingerprint density at radius 2 is 2.00 bits per heavy atom. The molecule has 5 heteroatoms. The number of hydrogen-bond acceptors (Lipinski definition) is 4. The van der Waals surface area contributed by atoms with E-state index >= 15 is 0 Å². The second-order valence-electron chi connectivity index (χ2n) is 6.35. The van der Waals surface area contributed by atoms with Gasteiger partial charge in [-0.25, -0.2) is 0 Å². The molecule has 114 valence electrons. The number of ether oxygens (including phenoxy) is 1. The molecule has 0 aromatic rings. The maximum atomic E-state index is 12.5. The predicted molar refractivity (Wildman–Crippen MR) is 77.6 cm³/mol. The van der Waals surface area contributed by atoms with Crippen LogP contribution in [0.3, 0.4) is 0 Å². The molecule has 0 saturated carbocycles. The van der Waals surface area contributed by atoms with Crippen LogP contribution < -0.4 is 5.32 Å². The molecule has 2 atom stereocenters. The van der Waals surface area contributed by atoms with Crippen LogP contribution >= 0.6 is 0 Å². The summed E-state index contributed by atoms with van der Waals surface area (Å²) in [5.74, 6) is 0.987. The first-order valence-corrected chi connectivity index (χ1v) is 8.15. The molecule has 5 nitrogen and oxygen atoms in total. The van der Waals surface area contributed by atoms with E-state index in [1.165, 1.54) is 6.42 Å². The SMILES string of the molecule is O=C([C@@H]1CCCN1)N1CCCC(CN2CCOCC2)C1. The van der Waals surface area contributed by atoms with Crippen molar-refractivity contribution in [1.82, 2.24) is 15.1 Å². The number of amides is 1. The van der Waals surface area contributed by atoms with Gasteiger partial charge < -0.3 is 15.0 Å². The number of rotatable bonds is 3. The van der Waals surface area contributed by atoms with E-state index in [-0.39, 0.29) is 6.04 Å². The lowest BCUT2D eigenvalue weighted by atomic mass is 9.96. The maximum Gasteiger partial charge on any atom is 0.239 e. The summed E-state index contributed by atoms with van der Waals surface area (Å²) in [6, 6.07) is 0.0946. The fourth-order valence-corrected chi connectivity index (χ4v) is 3.68. The van der Waals surface area contributed by atoms with Gasteiger partial charge >= 0.3 is 0 Å². The van der Waals surface area contributed by atoms with Crippen LogP contribution in [0, 0.1) is 5.92 Å². The van der Waals surface area contributed by atoms with Crippen molar-refractivity contribution in [3.63, 3.8) is 0 Å². The van der Waals surface area contributed by atoms with Gasteiger partial charge in [0.15, 0.2) is 0 Å². The summed E-state index contributed by atoms with van der Waals surface area (Å²) in [5, 5.41) is 3.33. The number of piperidine rings is 1. The van der Waals surface area contributed by atoms with Gasteiger partial charge in [0.05, 0.1) is 19.3 Å². The lowest BCUT2D eigenvalue weighted by molar-refractivity contribution is -0.135. The molecule has 3 heterocycles. The van der Waals surface area contributed by atoms with Crippen molar-refractivity contribution in [1.29, 1.82) is 0 Å². The molecule has 1 amide bonds. The number of nitrogens with one attached hydrogen (secondary N) is 1. The standard InChI is InChI=1S/C15H27N3O2/c19-15(14-4-1-5-16-14)18-6-2-3-13(12-18)11-17-7-9-20-10-8-17/h13-14,16H,1-12H2/t13?,14-/m0/s1. The monoisotopic (exact) mass is 281 g/mol. The van der Waals surface area contributed by atoms with Gasteiger partial charge in [-0.15, -0.1) is 0 Å². The van der Waals surface area contributed by atoms with Crippen molar-refractivity contribution in [3.05, 3.63) is 0 Å². The Labute approximate surface area is 121 Å². The summed E-state index contributed by atoms with van der Waals surface area (Å²) in [6.07, 6.45) is 4.58. The van der Waals surface area contributed by atoms with Gasteiger partial charge in [-0.1, -0.05) is 0 Å². The van der Waals surface area contributed by atoms with Crippen LogP contribution in [0.15, 0.2) is 0 Å². The predicted octanol–water partition coefficient (Wildman–Crippen LogP) is 0.309. The van der Waals surface area contributed by atoms with Crippen molar-refractivity contribution in [2.45, 2.75) is 31.7 Å². The molecule has 3 rings (SSSR count). The van der Waals surface area contributed by atoms with Crippen LogP contribution in [0.25, 0.3) is 0 Å². The Morgan fingerprint density at radius 3 is 2.75 bits per heavy atom. The van der Waals surface area contributed by atoms with E-state index in [1.54, 1.807) is 0 Å². The lowest BCUT2D eigenvalue weighted by Gasteiger charge is -2.37. The Hall–Kier alpha value is -0.650. The summed E-state index contributed by atoms with van der Waals surface area (Å²) in [6.45, 7) is 7.86. The van der Waals surface area contributed by atoms with Gasteiger partial charge in [0, 0.05) is 32.7 Å². The number of nitrogens with zero attached hydrogens (tertiary/aromatic N) is 2. The lowest BCUT2D eigenvalue weighted by Crippen LogP contribution is -2.50. The van der Waals surface area contributed by atoms with E-state index in [2.05, 4.69) is 15.1 Å². The van der Waals surface area contributed by atoms with Crippen LogP contribution in [-0.4, -0.2) is 74.2 Å². The molecule has 0 aromatic carbocycles. The second-order valence-corrected chi connectivity index (χ2v) is 6.35. The summed E-state index contributed by atoms with van der Waals surface area (Å²) < 4.78 is 5.40. The fraction of sp³-hybridized carbons (Fsp3) is 0.933. The maximum absolute atomic E-state index is 12.5. The zero-order valence-electron chi connectivity index (χ0n) is 12.4. The molecular formula is C15H27N3O2. The average molecular weight is 281 g/mol. The third-order valence-electron chi connectivity index (χ3n) is 4.81. The molecule has 0 aromatic heterocycles. The van der Waals surface area contributed by atoms with Crippen LogP contribution in [0.4, 0.5) is 0 Å². The Kier molecular flexibility index (Phi) is 4.91. The second kappa shape index (κ2) is 6.87. The highest BCUT2D eigenvalue weighted by molar-refractivity contribution is 5.82.